The van der Waals surface area contributed by atoms with Gasteiger partial charge in [0.2, 0.25) is 5.95 Å². The summed E-state index contributed by atoms with van der Waals surface area (Å²) < 4.78 is 3.01. The zero-order valence-corrected chi connectivity index (χ0v) is 14.0. The Bertz CT molecular complexity index is 775. The van der Waals surface area contributed by atoms with Gasteiger partial charge >= 0.3 is 0 Å². The number of nitrogens with one attached hydrogen (secondary N) is 1. The van der Waals surface area contributed by atoms with Crippen LogP contribution < -0.4 is 10.2 Å². The quantitative estimate of drug-likeness (QED) is 0.794. The molecule has 4 rings (SSSR count). The van der Waals surface area contributed by atoms with Crippen molar-refractivity contribution in [2.24, 2.45) is 7.05 Å². The summed E-state index contributed by atoms with van der Waals surface area (Å²) in [6.45, 7) is 3.93. The lowest BCUT2D eigenvalue weighted by atomic mass is 10.1. The molecule has 1 atom stereocenters. The number of fused-ring (bicyclic) bond motifs is 1. The van der Waals surface area contributed by atoms with Gasteiger partial charge in [0.25, 0.3) is 0 Å². The maximum Gasteiger partial charge on any atom is 0.225 e. The van der Waals surface area contributed by atoms with Gasteiger partial charge in [-0.15, -0.1) is 0 Å². The van der Waals surface area contributed by atoms with Crippen molar-refractivity contribution in [3.63, 3.8) is 0 Å². The van der Waals surface area contributed by atoms with Crippen LogP contribution in [0.4, 0.5) is 11.1 Å². The van der Waals surface area contributed by atoms with Crippen LogP contribution in [-0.4, -0.2) is 43.9 Å². The summed E-state index contributed by atoms with van der Waals surface area (Å²) in [5.41, 5.74) is 1.99. The number of hydrogen-bond donors (Lipinski definition) is 1. The minimum Gasteiger partial charge on any atom is -0.357 e. The van der Waals surface area contributed by atoms with Gasteiger partial charge in [0, 0.05) is 38.6 Å². The van der Waals surface area contributed by atoms with E-state index in [0.29, 0.717) is 6.04 Å². The van der Waals surface area contributed by atoms with Crippen molar-refractivity contribution < 1.29 is 0 Å². The predicted molar refractivity (Wildman–Crippen MR) is 92.0 cm³/mol. The second kappa shape index (κ2) is 5.77. The molecule has 0 bridgehead atoms. The van der Waals surface area contributed by atoms with Crippen LogP contribution in [0.3, 0.4) is 0 Å². The van der Waals surface area contributed by atoms with E-state index in [9.17, 15) is 0 Å². The molecular weight excluding hydrogens is 310 g/mol. The fourth-order valence-corrected chi connectivity index (χ4v) is 4.06. The first-order valence-electron chi connectivity index (χ1n) is 7.79. The number of hydrogen-bond acceptors (Lipinski definition) is 7. The van der Waals surface area contributed by atoms with Crippen molar-refractivity contribution in [1.82, 2.24) is 24.7 Å². The Morgan fingerprint density at radius 1 is 1.30 bits per heavy atom. The highest BCUT2D eigenvalue weighted by Gasteiger charge is 2.23. The highest BCUT2D eigenvalue weighted by atomic mass is 32.1. The number of anilines is 2. The fourth-order valence-electron chi connectivity index (χ4n) is 3.05. The molecule has 1 saturated heterocycles. The summed E-state index contributed by atoms with van der Waals surface area (Å²) in [4.78, 5) is 15.6. The number of thiazole rings is 1. The number of rotatable bonds is 3. The molecule has 8 heteroatoms. The lowest BCUT2D eigenvalue weighted by molar-refractivity contribution is 0.522. The van der Waals surface area contributed by atoms with E-state index in [1.807, 2.05) is 24.7 Å². The van der Waals surface area contributed by atoms with Gasteiger partial charge in [-0.2, -0.15) is 5.10 Å². The van der Waals surface area contributed by atoms with E-state index in [0.717, 1.165) is 53.1 Å². The second-order valence-electron chi connectivity index (χ2n) is 5.86. The molecule has 120 valence electrons. The molecule has 1 aliphatic heterocycles. The molecule has 0 saturated carbocycles. The minimum absolute atomic E-state index is 0.362. The van der Waals surface area contributed by atoms with Crippen molar-refractivity contribution >= 4 is 32.8 Å². The van der Waals surface area contributed by atoms with Crippen LogP contribution in [0.1, 0.15) is 18.5 Å². The molecule has 0 spiro atoms. The third-order valence-electron chi connectivity index (χ3n) is 4.13. The second-order valence-corrected chi connectivity index (χ2v) is 6.86. The van der Waals surface area contributed by atoms with E-state index < -0.39 is 0 Å². The number of nitrogens with zero attached hydrogens (tertiary/aromatic N) is 6. The normalized spacial score (nSPS) is 18.5. The molecule has 0 amide bonds. The summed E-state index contributed by atoms with van der Waals surface area (Å²) in [7, 11) is 1.94. The molecule has 0 aromatic carbocycles. The van der Waals surface area contributed by atoms with Gasteiger partial charge in [-0.25, -0.2) is 19.6 Å². The van der Waals surface area contributed by atoms with Gasteiger partial charge in [0.05, 0.1) is 10.4 Å². The Morgan fingerprint density at radius 2 is 2.13 bits per heavy atom. The molecular formula is C15H19N7S. The largest absolute Gasteiger partial charge is 0.357 e. The van der Waals surface area contributed by atoms with Gasteiger partial charge in [-0.05, 0) is 25.8 Å². The third kappa shape index (κ3) is 2.74. The van der Waals surface area contributed by atoms with Crippen LogP contribution in [0.25, 0.3) is 10.3 Å². The maximum absolute atomic E-state index is 4.68. The van der Waals surface area contributed by atoms with E-state index in [2.05, 4.69) is 30.3 Å². The Morgan fingerprint density at radius 3 is 2.91 bits per heavy atom. The maximum atomic E-state index is 4.68. The molecule has 7 nitrogen and oxygen atoms in total. The van der Waals surface area contributed by atoms with Crippen molar-refractivity contribution in [2.45, 2.75) is 25.8 Å². The minimum atomic E-state index is 0.362. The first-order valence-corrected chi connectivity index (χ1v) is 8.61. The van der Waals surface area contributed by atoms with E-state index in [1.54, 1.807) is 23.7 Å². The Labute approximate surface area is 138 Å². The van der Waals surface area contributed by atoms with Crippen LogP contribution in [0, 0.1) is 6.92 Å². The molecule has 1 aliphatic rings. The van der Waals surface area contributed by atoms with Crippen molar-refractivity contribution in [2.75, 3.05) is 23.3 Å². The third-order valence-corrected chi connectivity index (χ3v) is 5.21. The van der Waals surface area contributed by atoms with Crippen molar-refractivity contribution in [3.05, 3.63) is 24.2 Å². The average Bonchev–Trinajstić information content (AvgIpc) is 3.10. The van der Waals surface area contributed by atoms with Gasteiger partial charge < -0.3 is 10.2 Å². The first kappa shape index (κ1) is 14.4. The van der Waals surface area contributed by atoms with Crippen LogP contribution in [0.15, 0.2) is 18.5 Å². The average molecular weight is 329 g/mol. The van der Waals surface area contributed by atoms with E-state index in [-0.39, 0.29) is 0 Å². The monoisotopic (exact) mass is 329 g/mol. The van der Waals surface area contributed by atoms with Gasteiger partial charge in [-0.3, -0.25) is 0 Å². The molecule has 23 heavy (non-hydrogen) atoms. The predicted octanol–water partition coefficient (Wildman–Crippen LogP) is 2.21. The lowest BCUT2D eigenvalue weighted by Crippen LogP contribution is -2.42. The summed E-state index contributed by atoms with van der Waals surface area (Å²) >= 11 is 1.68. The molecule has 0 aliphatic carbocycles. The molecule has 1 N–H and O–H groups in total. The molecule has 4 heterocycles. The summed E-state index contributed by atoms with van der Waals surface area (Å²) in [5, 5.41) is 8.95. The Kier molecular flexibility index (Phi) is 3.60. The number of aromatic nitrogens is 5. The number of piperidine rings is 1. The van der Waals surface area contributed by atoms with E-state index >= 15 is 0 Å². The zero-order chi connectivity index (χ0) is 15.8. The van der Waals surface area contributed by atoms with Crippen LogP contribution in [-0.2, 0) is 7.05 Å². The highest BCUT2D eigenvalue weighted by Crippen LogP contribution is 2.29. The molecule has 3 aromatic rings. The SMILES string of the molecule is Cc1nn(C)c2nc(N[C@@H]3CCCN(c4ncccn4)C3)sc12. The Balaban J connectivity index is 1.50. The van der Waals surface area contributed by atoms with Gasteiger partial charge in [0.1, 0.15) is 0 Å². The highest BCUT2D eigenvalue weighted by molar-refractivity contribution is 7.22. The Hall–Kier alpha value is -2.22. The number of aryl methyl sites for hydroxylation is 2. The van der Waals surface area contributed by atoms with Crippen LogP contribution >= 0.6 is 11.3 Å². The first-order chi connectivity index (χ1) is 11.2. The molecule has 0 unspecified atom stereocenters. The molecule has 1 fully saturated rings. The zero-order valence-electron chi connectivity index (χ0n) is 13.2. The lowest BCUT2D eigenvalue weighted by Gasteiger charge is -2.32. The van der Waals surface area contributed by atoms with E-state index in [4.69, 9.17) is 0 Å². The smallest absolute Gasteiger partial charge is 0.225 e. The van der Waals surface area contributed by atoms with Gasteiger partial charge in [-0.1, -0.05) is 11.3 Å². The van der Waals surface area contributed by atoms with Gasteiger partial charge in [0.15, 0.2) is 10.8 Å². The molecule has 3 aromatic heterocycles. The summed E-state index contributed by atoms with van der Waals surface area (Å²) in [6.07, 6.45) is 5.85. The topological polar surface area (TPSA) is 71.8 Å². The van der Waals surface area contributed by atoms with E-state index in [1.165, 1.54) is 0 Å². The summed E-state index contributed by atoms with van der Waals surface area (Å²) in [6, 6.07) is 2.21. The van der Waals surface area contributed by atoms with Crippen LogP contribution in [0.2, 0.25) is 0 Å². The molecule has 0 radical (unpaired) electrons. The van der Waals surface area contributed by atoms with Crippen LogP contribution in [0.5, 0.6) is 0 Å². The van der Waals surface area contributed by atoms with Crippen molar-refractivity contribution in [3.8, 4) is 0 Å². The standard InChI is InChI=1S/C15H19N7S/c1-10-12-13(21(2)20-10)19-15(23-12)18-11-5-3-8-22(9-11)14-16-6-4-7-17-14/h4,6-7,11H,3,5,8-9H2,1-2H3,(H,18,19)/t11-/m1/s1. The summed E-state index contributed by atoms with van der Waals surface area (Å²) in [5.74, 6) is 0.809. The fraction of sp³-hybridized carbons (Fsp3) is 0.467. The van der Waals surface area contributed by atoms with Crippen molar-refractivity contribution in [1.29, 1.82) is 0 Å².